The van der Waals surface area contributed by atoms with Gasteiger partial charge in [-0.3, -0.25) is 0 Å². The molecule has 2 aromatic rings. The topological polar surface area (TPSA) is 38.3 Å². The zero-order valence-corrected chi connectivity index (χ0v) is 14.4. The van der Waals surface area contributed by atoms with Crippen LogP contribution in [-0.2, 0) is 11.3 Å². The Morgan fingerprint density at radius 3 is 2.73 bits per heavy atom. The molecule has 0 spiro atoms. The number of carbonyl (C=O) groups is 1. The number of benzene rings is 2. The van der Waals surface area contributed by atoms with E-state index >= 15 is 0 Å². The second-order valence-electron chi connectivity index (χ2n) is 5.04. The van der Waals surface area contributed by atoms with Gasteiger partial charge in [0, 0.05) is 17.1 Å². The molecule has 3 nitrogen and oxygen atoms in total. The maximum Gasteiger partial charge on any atom is 0.338 e. The van der Waals surface area contributed by atoms with Gasteiger partial charge in [0.25, 0.3) is 0 Å². The zero-order valence-electron chi connectivity index (χ0n) is 12.8. The highest BCUT2D eigenvalue weighted by molar-refractivity contribution is 9.10. The van der Waals surface area contributed by atoms with Gasteiger partial charge in [0.2, 0.25) is 0 Å². The summed E-state index contributed by atoms with van der Waals surface area (Å²) in [6.45, 7) is 4.92. The Kier molecular flexibility index (Phi) is 6.16. The van der Waals surface area contributed by atoms with Crippen molar-refractivity contribution in [1.29, 1.82) is 0 Å². The third-order valence-corrected chi connectivity index (χ3v) is 3.95. The van der Waals surface area contributed by atoms with E-state index in [0.29, 0.717) is 18.7 Å². The number of carbonyl (C=O) groups excluding carboxylic acids is 1. The first-order valence-electron chi connectivity index (χ1n) is 7.35. The van der Waals surface area contributed by atoms with E-state index in [4.69, 9.17) is 4.74 Å². The molecule has 0 aliphatic carbocycles. The van der Waals surface area contributed by atoms with Crippen LogP contribution in [0.4, 0.5) is 0 Å². The molecular weight excluding hydrogens is 342 g/mol. The van der Waals surface area contributed by atoms with Crippen molar-refractivity contribution in [3.05, 3.63) is 69.7 Å². The van der Waals surface area contributed by atoms with Crippen molar-refractivity contribution in [3.63, 3.8) is 0 Å². The lowest BCUT2D eigenvalue weighted by atomic mass is 10.1. The highest BCUT2D eigenvalue weighted by atomic mass is 79.9. The minimum Gasteiger partial charge on any atom is -0.462 e. The molecule has 1 atom stereocenters. The molecule has 116 valence electrons. The smallest absolute Gasteiger partial charge is 0.338 e. The van der Waals surface area contributed by atoms with Crippen molar-refractivity contribution in [3.8, 4) is 0 Å². The Morgan fingerprint density at radius 1 is 1.23 bits per heavy atom. The largest absolute Gasteiger partial charge is 0.462 e. The quantitative estimate of drug-likeness (QED) is 0.771. The first-order valence-corrected chi connectivity index (χ1v) is 8.15. The number of ether oxygens (including phenoxy) is 1. The molecule has 1 N–H and O–H groups in total. The van der Waals surface area contributed by atoms with Crippen molar-refractivity contribution in [2.75, 3.05) is 6.61 Å². The Balaban J connectivity index is 2.07. The van der Waals surface area contributed by atoms with Crippen LogP contribution >= 0.6 is 15.9 Å². The maximum atomic E-state index is 12.0. The lowest BCUT2D eigenvalue weighted by molar-refractivity contribution is 0.0525. The molecule has 0 aliphatic heterocycles. The normalized spacial score (nSPS) is 12.0. The highest BCUT2D eigenvalue weighted by Gasteiger charge is 2.12. The second-order valence-corrected chi connectivity index (χ2v) is 5.95. The van der Waals surface area contributed by atoms with Gasteiger partial charge in [-0.2, -0.15) is 0 Å². The molecule has 1 unspecified atom stereocenters. The van der Waals surface area contributed by atoms with Crippen LogP contribution in [0.25, 0.3) is 0 Å². The minimum absolute atomic E-state index is 0.188. The van der Waals surface area contributed by atoms with E-state index in [-0.39, 0.29) is 12.0 Å². The Morgan fingerprint density at radius 2 is 2.00 bits per heavy atom. The average Bonchev–Trinajstić information content (AvgIpc) is 2.53. The van der Waals surface area contributed by atoms with E-state index in [1.807, 2.05) is 37.3 Å². The van der Waals surface area contributed by atoms with Crippen molar-refractivity contribution in [1.82, 2.24) is 5.32 Å². The summed E-state index contributed by atoms with van der Waals surface area (Å²) in [4.78, 5) is 12.0. The van der Waals surface area contributed by atoms with Gasteiger partial charge in [-0.05, 0) is 43.2 Å². The summed E-state index contributed by atoms with van der Waals surface area (Å²) in [5.74, 6) is -0.269. The fourth-order valence-corrected chi connectivity index (χ4v) is 2.66. The molecule has 0 fully saturated rings. The molecule has 0 aromatic heterocycles. The van der Waals surface area contributed by atoms with Crippen molar-refractivity contribution < 1.29 is 9.53 Å². The molecule has 0 saturated carbocycles. The van der Waals surface area contributed by atoms with Gasteiger partial charge >= 0.3 is 5.97 Å². The second kappa shape index (κ2) is 8.11. The number of hydrogen-bond donors (Lipinski definition) is 1. The van der Waals surface area contributed by atoms with Crippen LogP contribution in [0.1, 0.15) is 41.4 Å². The third kappa shape index (κ3) is 4.42. The number of hydrogen-bond acceptors (Lipinski definition) is 3. The maximum absolute atomic E-state index is 12.0. The molecule has 0 aliphatic rings. The summed E-state index contributed by atoms with van der Waals surface area (Å²) >= 11 is 3.49. The third-order valence-electron chi connectivity index (χ3n) is 3.46. The molecule has 4 heteroatoms. The van der Waals surface area contributed by atoms with Crippen molar-refractivity contribution in [2.45, 2.75) is 26.4 Å². The molecule has 2 rings (SSSR count). The molecular formula is C18H20BrNO2. The summed E-state index contributed by atoms with van der Waals surface area (Å²) in [5, 5.41) is 3.45. The summed E-state index contributed by atoms with van der Waals surface area (Å²) in [6, 6.07) is 15.9. The van der Waals surface area contributed by atoms with Gasteiger partial charge in [0.05, 0.1) is 12.2 Å². The summed E-state index contributed by atoms with van der Waals surface area (Å²) in [5.41, 5.74) is 2.77. The summed E-state index contributed by atoms with van der Waals surface area (Å²) in [7, 11) is 0. The number of nitrogens with one attached hydrogen (secondary N) is 1. The molecule has 0 bridgehead atoms. The molecule has 0 saturated heterocycles. The van der Waals surface area contributed by atoms with E-state index in [1.165, 1.54) is 5.56 Å². The van der Waals surface area contributed by atoms with E-state index in [1.54, 1.807) is 6.07 Å². The lowest BCUT2D eigenvalue weighted by Gasteiger charge is -2.16. The summed E-state index contributed by atoms with van der Waals surface area (Å²) in [6.07, 6.45) is 0. The number of esters is 1. The predicted octanol–water partition coefficient (Wildman–Crippen LogP) is 4.48. The highest BCUT2D eigenvalue weighted by Crippen LogP contribution is 2.19. The van der Waals surface area contributed by atoms with Crippen LogP contribution in [-0.4, -0.2) is 12.6 Å². The standard InChI is InChI=1S/C18H20BrNO2/c1-3-22-18(21)17-10-5-4-7-15(17)12-20-13(2)14-8-6-9-16(19)11-14/h4-11,13,20H,3,12H2,1-2H3. The molecule has 0 heterocycles. The molecule has 22 heavy (non-hydrogen) atoms. The first kappa shape index (κ1) is 16.7. The van der Waals surface area contributed by atoms with Crippen LogP contribution in [0.3, 0.4) is 0 Å². The van der Waals surface area contributed by atoms with Crippen LogP contribution in [0, 0.1) is 0 Å². The van der Waals surface area contributed by atoms with Crippen LogP contribution in [0.2, 0.25) is 0 Å². The minimum atomic E-state index is -0.269. The molecule has 0 amide bonds. The van der Waals surface area contributed by atoms with Gasteiger partial charge < -0.3 is 10.1 Å². The first-order chi connectivity index (χ1) is 10.6. The lowest BCUT2D eigenvalue weighted by Crippen LogP contribution is -2.20. The van der Waals surface area contributed by atoms with Crippen molar-refractivity contribution in [2.24, 2.45) is 0 Å². The monoisotopic (exact) mass is 361 g/mol. The Hall–Kier alpha value is -1.65. The fraction of sp³-hybridized carbons (Fsp3) is 0.278. The van der Waals surface area contributed by atoms with Gasteiger partial charge in [0.15, 0.2) is 0 Å². The number of halogens is 1. The zero-order chi connectivity index (χ0) is 15.9. The van der Waals surface area contributed by atoms with E-state index in [2.05, 4.69) is 40.3 Å². The molecule has 0 radical (unpaired) electrons. The van der Waals surface area contributed by atoms with Crippen molar-refractivity contribution >= 4 is 21.9 Å². The Bertz CT molecular complexity index is 642. The van der Waals surface area contributed by atoms with Gasteiger partial charge in [0.1, 0.15) is 0 Å². The summed E-state index contributed by atoms with van der Waals surface area (Å²) < 4.78 is 6.16. The van der Waals surface area contributed by atoms with Crippen LogP contribution < -0.4 is 5.32 Å². The van der Waals surface area contributed by atoms with Gasteiger partial charge in [-0.25, -0.2) is 4.79 Å². The van der Waals surface area contributed by atoms with Gasteiger partial charge in [-0.1, -0.05) is 46.3 Å². The SMILES string of the molecule is CCOC(=O)c1ccccc1CNC(C)c1cccc(Br)c1. The van der Waals surface area contributed by atoms with Crippen LogP contribution in [0.15, 0.2) is 53.0 Å². The van der Waals surface area contributed by atoms with E-state index < -0.39 is 0 Å². The van der Waals surface area contributed by atoms with Gasteiger partial charge in [-0.15, -0.1) is 0 Å². The molecule has 2 aromatic carbocycles. The predicted molar refractivity (Wildman–Crippen MR) is 91.8 cm³/mol. The Labute approximate surface area is 139 Å². The number of rotatable bonds is 6. The fourth-order valence-electron chi connectivity index (χ4n) is 2.24. The average molecular weight is 362 g/mol. The van der Waals surface area contributed by atoms with E-state index in [9.17, 15) is 4.79 Å². The van der Waals surface area contributed by atoms with Crippen LogP contribution in [0.5, 0.6) is 0 Å². The van der Waals surface area contributed by atoms with E-state index in [0.717, 1.165) is 10.0 Å².